The van der Waals surface area contributed by atoms with Crippen LogP contribution in [0.1, 0.15) is 11.1 Å². The van der Waals surface area contributed by atoms with Gasteiger partial charge in [0.05, 0.1) is 5.56 Å². The molecule has 0 bridgehead atoms. The summed E-state index contributed by atoms with van der Waals surface area (Å²) in [5, 5.41) is 0. The van der Waals surface area contributed by atoms with E-state index >= 15 is 0 Å². The van der Waals surface area contributed by atoms with Crippen molar-refractivity contribution in [1.29, 1.82) is 0 Å². The summed E-state index contributed by atoms with van der Waals surface area (Å²) < 4.78 is 43.1. The van der Waals surface area contributed by atoms with Crippen LogP contribution in [0.2, 0.25) is 0 Å². The number of benzene rings is 2. The van der Waals surface area contributed by atoms with E-state index in [1.807, 2.05) is 19.1 Å². The van der Waals surface area contributed by atoms with E-state index in [0.29, 0.717) is 18.9 Å². The highest BCUT2D eigenvalue weighted by molar-refractivity contribution is 5.68. The Balaban J connectivity index is 2.26. The monoisotopic (exact) mass is 295 g/mol. The zero-order valence-corrected chi connectivity index (χ0v) is 11.6. The molecule has 5 heteroatoms. The Morgan fingerprint density at radius 2 is 1.71 bits per heavy atom. The molecule has 2 nitrogen and oxygen atoms in total. The quantitative estimate of drug-likeness (QED) is 0.924. The van der Waals surface area contributed by atoms with Gasteiger partial charge in [-0.2, -0.15) is 13.2 Å². The molecule has 0 aliphatic rings. The molecule has 0 unspecified atom stereocenters. The number of rotatable bonds is 4. The Bertz CT molecular complexity index is 606. The highest BCUT2D eigenvalue weighted by atomic mass is 19.4. The maximum absolute atomic E-state index is 12.5. The molecule has 0 saturated carbocycles. The Morgan fingerprint density at radius 3 is 2.24 bits per heavy atom. The van der Waals surface area contributed by atoms with Gasteiger partial charge in [-0.05, 0) is 47.9 Å². The van der Waals surface area contributed by atoms with E-state index in [4.69, 9.17) is 10.5 Å². The third kappa shape index (κ3) is 3.76. The van der Waals surface area contributed by atoms with Crippen LogP contribution in [0.3, 0.4) is 0 Å². The summed E-state index contributed by atoms with van der Waals surface area (Å²) in [6.45, 7) is 2.75. The number of halogens is 3. The van der Waals surface area contributed by atoms with Crippen molar-refractivity contribution in [1.82, 2.24) is 0 Å². The minimum Gasteiger partial charge on any atom is -0.492 e. The smallest absolute Gasteiger partial charge is 0.416 e. The van der Waals surface area contributed by atoms with E-state index in [1.165, 1.54) is 12.1 Å². The van der Waals surface area contributed by atoms with Crippen molar-refractivity contribution in [2.24, 2.45) is 5.73 Å². The van der Waals surface area contributed by atoms with E-state index < -0.39 is 11.7 Å². The third-order valence-electron chi connectivity index (χ3n) is 3.11. The van der Waals surface area contributed by atoms with Gasteiger partial charge in [0.2, 0.25) is 0 Å². The Morgan fingerprint density at radius 1 is 1.05 bits per heavy atom. The summed E-state index contributed by atoms with van der Waals surface area (Å²) in [7, 11) is 0. The van der Waals surface area contributed by atoms with Crippen LogP contribution in [0, 0.1) is 6.92 Å². The summed E-state index contributed by atoms with van der Waals surface area (Å²) >= 11 is 0. The van der Waals surface area contributed by atoms with E-state index in [1.54, 1.807) is 6.07 Å². The first-order chi connectivity index (χ1) is 9.91. The largest absolute Gasteiger partial charge is 0.492 e. The SMILES string of the molecule is Cc1cc(OCCN)ccc1-c1ccc(C(F)(F)F)cc1. The molecular formula is C16H16F3NO. The lowest BCUT2D eigenvalue weighted by Crippen LogP contribution is -2.10. The standard InChI is InChI=1S/C16H16F3NO/c1-11-10-14(21-9-8-20)6-7-15(11)12-2-4-13(5-3-12)16(17,18)19/h2-7,10H,8-9,20H2,1H3. The molecule has 2 N–H and O–H groups in total. The molecule has 0 amide bonds. The van der Waals surface area contributed by atoms with Crippen LogP contribution in [0.15, 0.2) is 42.5 Å². The summed E-state index contributed by atoms with van der Waals surface area (Å²) in [5.41, 5.74) is 7.28. The topological polar surface area (TPSA) is 35.2 Å². The van der Waals surface area contributed by atoms with Crippen molar-refractivity contribution < 1.29 is 17.9 Å². The van der Waals surface area contributed by atoms with Crippen LogP contribution in [0.4, 0.5) is 13.2 Å². The predicted molar refractivity (Wildman–Crippen MR) is 76.2 cm³/mol. The van der Waals surface area contributed by atoms with E-state index in [2.05, 4.69) is 0 Å². The number of alkyl halides is 3. The van der Waals surface area contributed by atoms with Gasteiger partial charge in [0.25, 0.3) is 0 Å². The maximum atomic E-state index is 12.5. The summed E-state index contributed by atoms with van der Waals surface area (Å²) in [6, 6.07) is 10.6. The molecule has 0 spiro atoms. The molecule has 0 aliphatic heterocycles. The molecule has 0 heterocycles. The second-order valence-corrected chi connectivity index (χ2v) is 4.69. The van der Waals surface area contributed by atoms with Crippen LogP contribution < -0.4 is 10.5 Å². The van der Waals surface area contributed by atoms with Crippen LogP contribution in [0.25, 0.3) is 11.1 Å². The van der Waals surface area contributed by atoms with Gasteiger partial charge in [0, 0.05) is 6.54 Å². The average Bonchev–Trinajstić information content (AvgIpc) is 2.44. The molecule has 112 valence electrons. The first-order valence-corrected chi connectivity index (χ1v) is 6.53. The number of hydrogen-bond donors (Lipinski definition) is 1. The molecule has 0 saturated heterocycles. The summed E-state index contributed by atoms with van der Waals surface area (Å²) in [6.07, 6.45) is -4.31. The molecule has 0 atom stereocenters. The fourth-order valence-electron chi connectivity index (χ4n) is 2.07. The van der Waals surface area contributed by atoms with E-state index in [0.717, 1.165) is 28.8 Å². The molecule has 2 aromatic carbocycles. The number of nitrogens with two attached hydrogens (primary N) is 1. The highest BCUT2D eigenvalue weighted by Crippen LogP contribution is 2.32. The van der Waals surface area contributed by atoms with Crippen LogP contribution in [-0.4, -0.2) is 13.2 Å². The highest BCUT2D eigenvalue weighted by Gasteiger charge is 2.29. The molecule has 2 aromatic rings. The van der Waals surface area contributed by atoms with E-state index in [9.17, 15) is 13.2 Å². The van der Waals surface area contributed by atoms with Gasteiger partial charge in [-0.3, -0.25) is 0 Å². The Hall–Kier alpha value is -2.01. The van der Waals surface area contributed by atoms with Gasteiger partial charge in [0.1, 0.15) is 12.4 Å². The molecule has 2 rings (SSSR count). The molecule has 0 fully saturated rings. The molecule has 0 radical (unpaired) electrons. The first-order valence-electron chi connectivity index (χ1n) is 6.53. The summed E-state index contributed by atoms with van der Waals surface area (Å²) in [5.74, 6) is 0.702. The number of hydrogen-bond acceptors (Lipinski definition) is 2. The van der Waals surface area contributed by atoms with Crippen LogP contribution in [-0.2, 0) is 6.18 Å². The Labute approximate surface area is 121 Å². The Kier molecular flexibility index (Phi) is 4.53. The van der Waals surface area contributed by atoms with Crippen molar-refractivity contribution in [3.05, 3.63) is 53.6 Å². The summed E-state index contributed by atoms with van der Waals surface area (Å²) in [4.78, 5) is 0. The van der Waals surface area contributed by atoms with Crippen molar-refractivity contribution in [3.8, 4) is 16.9 Å². The van der Waals surface area contributed by atoms with Gasteiger partial charge in [0.15, 0.2) is 0 Å². The predicted octanol–water partition coefficient (Wildman–Crippen LogP) is 4.02. The normalized spacial score (nSPS) is 11.5. The second-order valence-electron chi connectivity index (χ2n) is 4.69. The lowest BCUT2D eigenvalue weighted by atomic mass is 9.99. The van der Waals surface area contributed by atoms with Crippen molar-refractivity contribution >= 4 is 0 Å². The minimum atomic E-state index is -4.31. The minimum absolute atomic E-state index is 0.430. The van der Waals surface area contributed by atoms with Crippen LogP contribution in [0.5, 0.6) is 5.75 Å². The number of aryl methyl sites for hydroxylation is 1. The number of ether oxygens (including phenoxy) is 1. The van der Waals surface area contributed by atoms with Gasteiger partial charge in [-0.25, -0.2) is 0 Å². The maximum Gasteiger partial charge on any atom is 0.416 e. The van der Waals surface area contributed by atoms with Gasteiger partial charge >= 0.3 is 6.18 Å². The lowest BCUT2D eigenvalue weighted by molar-refractivity contribution is -0.137. The second kappa shape index (κ2) is 6.18. The first kappa shape index (κ1) is 15.4. The van der Waals surface area contributed by atoms with Crippen molar-refractivity contribution in [3.63, 3.8) is 0 Å². The van der Waals surface area contributed by atoms with Crippen LogP contribution >= 0.6 is 0 Å². The van der Waals surface area contributed by atoms with E-state index in [-0.39, 0.29) is 0 Å². The molecule has 21 heavy (non-hydrogen) atoms. The fourth-order valence-corrected chi connectivity index (χ4v) is 2.07. The van der Waals surface area contributed by atoms with Gasteiger partial charge in [-0.15, -0.1) is 0 Å². The molecule has 0 aromatic heterocycles. The van der Waals surface area contributed by atoms with Gasteiger partial charge in [-0.1, -0.05) is 18.2 Å². The van der Waals surface area contributed by atoms with Gasteiger partial charge < -0.3 is 10.5 Å². The van der Waals surface area contributed by atoms with Crippen molar-refractivity contribution in [2.45, 2.75) is 13.1 Å². The molecule has 0 aliphatic carbocycles. The fraction of sp³-hybridized carbons (Fsp3) is 0.250. The third-order valence-corrected chi connectivity index (χ3v) is 3.11. The molecular weight excluding hydrogens is 279 g/mol. The lowest BCUT2D eigenvalue weighted by Gasteiger charge is -2.11. The average molecular weight is 295 g/mol. The zero-order chi connectivity index (χ0) is 15.5. The zero-order valence-electron chi connectivity index (χ0n) is 11.6. The van der Waals surface area contributed by atoms with Crippen molar-refractivity contribution in [2.75, 3.05) is 13.2 Å².